The summed E-state index contributed by atoms with van der Waals surface area (Å²) >= 11 is 0. The Hall–Kier alpha value is -1.96. The van der Waals surface area contributed by atoms with E-state index in [1.165, 1.54) is 11.1 Å². The maximum Gasteiger partial charge on any atom is 0.119 e. The minimum atomic E-state index is 0.222. The van der Waals surface area contributed by atoms with Gasteiger partial charge in [0.25, 0.3) is 0 Å². The first-order valence-electron chi connectivity index (χ1n) is 6.69. The van der Waals surface area contributed by atoms with Gasteiger partial charge in [-0.3, -0.25) is 0 Å². The van der Waals surface area contributed by atoms with Crippen LogP contribution in [0.1, 0.15) is 25.0 Å². The molecule has 19 heavy (non-hydrogen) atoms. The number of anilines is 1. The molecule has 0 saturated heterocycles. The van der Waals surface area contributed by atoms with Crippen molar-refractivity contribution in [2.45, 2.75) is 26.4 Å². The van der Waals surface area contributed by atoms with E-state index in [-0.39, 0.29) is 6.10 Å². The van der Waals surface area contributed by atoms with Crippen molar-refractivity contribution >= 4 is 5.69 Å². The van der Waals surface area contributed by atoms with Gasteiger partial charge in [0.15, 0.2) is 0 Å². The molecule has 2 rings (SSSR count). The molecule has 0 aliphatic rings. The normalized spacial score (nSPS) is 10.5. The van der Waals surface area contributed by atoms with Gasteiger partial charge in [0.1, 0.15) is 5.75 Å². The second kappa shape index (κ2) is 6.28. The van der Waals surface area contributed by atoms with Crippen LogP contribution in [0.4, 0.5) is 5.69 Å². The smallest absolute Gasteiger partial charge is 0.119 e. The molecule has 0 saturated carbocycles. The van der Waals surface area contributed by atoms with Gasteiger partial charge in [-0.1, -0.05) is 24.3 Å². The number of nitrogens with one attached hydrogen (secondary N) is 1. The Kier molecular flexibility index (Phi) is 4.45. The van der Waals surface area contributed by atoms with Gasteiger partial charge in [-0.05, 0) is 55.7 Å². The van der Waals surface area contributed by atoms with E-state index in [0.29, 0.717) is 0 Å². The molecule has 2 nitrogen and oxygen atoms in total. The number of rotatable bonds is 5. The molecule has 1 N–H and O–H groups in total. The lowest BCUT2D eigenvalue weighted by Crippen LogP contribution is -2.05. The van der Waals surface area contributed by atoms with Gasteiger partial charge >= 0.3 is 0 Å². The van der Waals surface area contributed by atoms with Gasteiger partial charge in [0.05, 0.1) is 6.10 Å². The van der Waals surface area contributed by atoms with Crippen molar-refractivity contribution in [3.63, 3.8) is 0 Å². The standard InChI is InChI=1S/C17H21NO/c1-13(2)19-17-10-6-15(7-11-17)12-14-4-8-16(18-3)9-5-14/h4-11,13,18H,12H2,1-3H3. The Morgan fingerprint density at radius 1 is 0.895 bits per heavy atom. The fourth-order valence-electron chi connectivity index (χ4n) is 1.98. The average molecular weight is 255 g/mol. The molecule has 2 aromatic carbocycles. The quantitative estimate of drug-likeness (QED) is 0.868. The van der Waals surface area contributed by atoms with E-state index in [2.05, 4.69) is 41.7 Å². The summed E-state index contributed by atoms with van der Waals surface area (Å²) in [6.45, 7) is 4.08. The zero-order valence-corrected chi connectivity index (χ0v) is 11.8. The third-order valence-electron chi connectivity index (χ3n) is 2.95. The summed E-state index contributed by atoms with van der Waals surface area (Å²) in [5, 5.41) is 3.13. The molecule has 0 spiro atoms. The van der Waals surface area contributed by atoms with Crippen LogP contribution in [0.25, 0.3) is 0 Å². The van der Waals surface area contributed by atoms with Gasteiger partial charge in [-0.15, -0.1) is 0 Å². The lowest BCUT2D eigenvalue weighted by Gasteiger charge is -2.10. The summed E-state index contributed by atoms with van der Waals surface area (Å²) in [6, 6.07) is 16.9. The maximum absolute atomic E-state index is 5.64. The van der Waals surface area contributed by atoms with Crippen LogP contribution in [0.15, 0.2) is 48.5 Å². The Labute approximate surface area is 115 Å². The molecule has 0 amide bonds. The van der Waals surface area contributed by atoms with E-state index in [0.717, 1.165) is 17.9 Å². The minimum absolute atomic E-state index is 0.222. The molecule has 0 aromatic heterocycles. The zero-order valence-electron chi connectivity index (χ0n) is 11.8. The second-order valence-corrected chi connectivity index (χ2v) is 4.93. The molecule has 2 heteroatoms. The van der Waals surface area contributed by atoms with Crippen LogP contribution in [0.3, 0.4) is 0 Å². The molecule has 0 heterocycles. The molecular weight excluding hydrogens is 234 g/mol. The topological polar surface area (TPSA) is 21.3 Å². The van der Waals surface area contributed by atoms with E-state index in [4.69, 9.17) is 4.74 Å². The molecule has 100 valence electrons. The molecule has 0 atom stereocenters. The molecule has 0 radical (unpaired) electrons. The van der Waals surface area contributed by atoms with Crippen molar-refractivity contribution in [1.82, 2.24) is 0 Å². The summed E-state index contributed by atoms with van der Waals surface area (Å²) in [4.78, 5) is 0. The first-order chi connectivity index (χ1) is 9.17. The van der Waals surface area contributed by atoms with Gasteiger partial charge in [0, 0.05) is 12.7 Å². The first-order valence-corrected chi connectivity index (χ1v) is 6.69. The average Bonchev–Trinajstić information content (AvgIpc) is 2.41. The molecular formula is C17H21NO. The van der Waals surface area contributed by atoms with Crippen LogP contribution in [0.2, 0.25) is 0 Å². The Morgan fingerprint density at radius 3 is 1.89 bits per heavy atom. The maximum atomic E-state index is 5.64. The summed E-state index contributed by atoms with van der Waals surface area (Å²) in [7, 11) is 1.93. The zero-order chi connectivity index (χ0) is 13.7. The Balaban J connectivity index is 2.02. The fraction of sp³-hybridized carbons (Fsp3) is 0.294. The summed E-state index contributed by atoms with van der Waals surface area (Å²) in [5.74, 6) is 0.935. The summed E-state index contributed by atoms with van der Waals surface area (Å²) < 4.78 is 5.64. The molecule has 0 bridgehead atoms. The van der Waals surface area contributed by atoms with Crippen molar-refractivity contribution in [3.05, 3.63) is 59.7 Å². The minimum Gasteiger partial charge on any atom is -0.491 e. The van der Waals surface area contributed by atoms with Gasteiger partial charge in [-0.25, -0.2) is 0 Å². The summed E-state index contributed by atoms with van der Waals surface area (Å²) in [6.07, 6.45) is 1.17. The predicted molar refractivity (Wildman–Crippen MR) is 81.0 cm³/mol. The van der Waals surface area contributed by atoms with E-state index in [1.807, 2.05) is 33.0 Å². The highest BCUT2D eigenvalue weighted by molar-refractivity contribution is 5.44. The van der Waals surface area contributed by atoms with E-state index >= 15 is 0 Å². The molecule has 0 unspecified atom stereocenters. The molecule has 0 fully saturated rings. The van der Waals surface area contributed by atoms with Gasteiger partial charge in [0.2, 0.25) is 0 Å². The highest BCUT2D eigenvalue weighted by Crippen LogP contribution is 2.17. The molecule has 0 aliphatic heterocycles. The first kappa shape index (κ1) is 13.5. The Bertz CT molecular complexity index is 500. The number of hydrogen-bond donors (Lipinski definition) is 1. The summed E-state index contributed by atoms with van der Waals surface area (Å²) in [5.41, 5.74) is 3.76. The third kappa shape index (κ3) is 4.02. The Morgan fingerprint density at radius 2 is 1.42 bits per heavy atom. The van der Waals surface area contributed by atoms with Crippen molar-refractivity contribution in [1.29, 1.82) is 0 Å². The van der Waals surface area contributed by atoms with Gasteiger partial charge < -0.3 is 10.1 Å². The number of hydrogen-bond acceptors (Lipinski definition) is 2. The lowest BCUT2D eigenvalue weighted by atomic mass is 10.0. The van der Waals surface area contributed by atoms with Crippen LogP contribution in [0.5, 0.6) is 5.75 Å². The monoisotopic (exact) mass is 255 g/mol. The third-order valence-corrected chi connectivity index (χ3v) is 2.95. The van der Waals surface area contributed by atoms with Crippen molar-refractivity contribution in [2.24, 2.45) is 0 Å². The SMILES string of the molecule is CNc1ccc(Cc2ccc(OC(C)C)cc2)cc1. The highest BCUT2D eigenvalue weighted by Gasteiger charge is 2.00. The van der Waals surface area contributed by atoms with E-state index in [9.17, 15) is 0 Å². The number of benzene rings is 2. The van der Waals surface area contributed by atoms with E-state index in [1.54, 1.807) is 0 Å². The van der Waals surface area contributed by atoms with Crippen LogP contribution in [-0.2, 0) is 6.42 Å². The van der Waals surface area contributed by atoms with Crippen LogP contribution >= 0.6 is 0 Å². The van der Waals surface area contributed by atoms with Crippen molar-refractivity contribution in [2.75, 3.05) is 12.4 Å². The number of ether oxygens (including phenoxy) is 1. The second-order valence-electron chi connectivity index (χ2n) is 4.93. The van der Waals surface area contributed by atoms with Crippen molar-refractivity contribution in [3.8, 4) is 5.75 Å². The van der Waals surface area contributed by atoms with Crippen molar-refractivity contribution < 1.29 is 4.74 Å². The van der Waals surface area contributed by atoms with E-state index < -0.39 is 0 Å². The van der Waals surface area contributed by atoms with Gasteiger partial charge in [-0.2, -0.15) is 0 Å². The predicted octanol–water partition coefficient (Wildman–Crippen LogP) is 4.11. The lowest BCUT2D eigenvalue weighted by molar-refractivity contribution is 0.242. The highest BCUT2D eigenvalue weighted by atomic mass is 16.5. The fourth-order valence-corrected chi connectivity index (χ4v) is 1.98. The van der Waals surface area contributed by atoms with Crippen LogP contribution in [0, 0.1) is 0 Å². The largest absolute Gasteiger partial charge is 0.491 e. The molecule has 0 aliphatic carbocycles. The van der Waals surface area contributed by atoms with Crippen LogP contribution in [-0.4, -0.2) is 13.2 Å². The molecule has 2 aromatic rings. The van der Waals surface area contributed by atoms with Crippen LogP contribution < -0.4 is 10.1 Å².